The van der Waals surface area contributed by atoms with Crippen LogP contribution in [0.3, 0.4) is 0 Å². The molecule has 0 saturated carbocycles. The first-order valence-electron chi connectivity index (χ1n) is 6.87. The Morgan fingerprint density at radius 1 is 1.23 bits per heavy atom. The van der Waals surface area contributed by atoms with E-state index in [1.807, 2.05) is 4.90 Å². The zero-order chi connectivity index (χ0) is 15.5. The van der Waals surface area contributed by atoms with E-state index >= 15 is 0 Å². The molecule has 1 aromatic rings. The van der Waals surface area contributed by atoms with E-state index in [2.05, 4.69) is 5.32 Å². The van der Waals surface area contributed by atoms with Crippen LogP contribution in [0.2, 0.25) is 0 Å². The van der Waals surface area contributed by atoms with Gasteiger partial charge in [0, 0.05) is 44.2 Å². The summed E-state index contributed by atoms with van der Waals surface area (Å²) >= 11 is 0. The van der Waals surface area contributed by atoms with Gasteiger partial charge in [-0.25, -0.2) is 4.39 Å². The molecule has 2 N–H and O–H groups in total. The smallest absolute Gasteiger partial charge is 0.389 e. The molecular weight excluding hydrogens is 324 g/mol. The SMILES string of the molecule is Cl.Oc1c(F)cccc1[C@H](CCC(F)(F)F)N1CCNCC1. The predicted octanol–water partition coefficient (Wildman–Crippen LogP) is 3.24. The normalized spacial score (nSPS) is 17.8. The lowest BCUT2D eigenvalue weighted by molar-refractivity contribution is -0.138. The summed E-state index contributed by atoms with van der Waals surface area (Å²) in [6.45, 7) is 2.47. The molecule has 2 rings (SSSR count). The van der Waals surface area contributed by atoms with Crippen molar-refractivity contribution in [2.75, 3.05) is 26.2 Å². The number of hydrogen-bond donors (Lipinski definition) is 2. The summed E-state index contributed by atoms with van der Waals surface area (Å²) in [5, 5.41) is 12.9. The Hall–Kier alpha value is -1.05. The summed E-state index contributed by atoms with van der Waals surface area (Å²) in [5.41, 5.74) is 0.223. The minimum absolute atomic E-state index is 0. The molecule has 1 aliphatic rings. The maximum absolute atomic E-state index is 13.5. The number of phenols is 1. The number of rotatable bonds is 4. The summed E-state index contributed by atoms with van der Waals surface area (Å²) in [5.74, 6) is -1.36. The van der Waals surface area contributed by atoms with Gasteiger partial charge in [0.25, 0.3) is 0 Å². The Labute approximate surface area is 132 Å². The zero-order valence-electron chi connectivity index (χ0n) is 11.9. The number of hydrogen-bond acceptors (Lipinski definition) is 3. The standard InChI is InChI=1S/C14H18F4N2O.ClH/c15-11-3-1-2-10(13(11)21)12(4-5-14(16,17)18)20-8-6-19-7-9-20;/h1-3,12,19,21H,4-9H2;1H/t12-;/m0./s1. The number of benzene rings is 1. The van der Waals surface area contributed by atoms with Crippen molar-refractivity contribution >= 4 is 12.4 Å². The van der Waals surface area contributed by atoms with Crippen LogP contribution in [0.25, 0.3) is 0 Å². The van der Waals surface area contributed by atoms with Crippen molar-refractivity contribution in [3.05, 3.63) is 29.6 Å². The number of piperazine rings is 1. The number of para-hydroxylation sites is 1. The van der Waals surface area contributed by atoms with Crippen molar-refractivity contribution in [3.63, 3.8) is 0 Å². The summed E-state index contributed by atoms with van der Waals surface area (Å²) in [4.78, 5) is 1.86. The van der Waals surface area contributed by atoms with Crippen LogP contribution < -0.4 is 5.32 Å². The maximum Gasteiger partial charge on any atom is 0.389 e. The van der Waals surface area contributed by atoms with Crippen molar-refractivity contribution in [2.45, 2.75) is 25.1 Å². The number of nitrogens with one attached hydrogen (secondary N) is 1. The van der Waals surface area contributed by atoms with Crippen LogP contribution in [0.15, 0.2) is 18.2 Å². The van der Waals surface area contributed by atoms with Gasteiger partial charge in [-0.15, -0.1) is 12.4 Å². The lowest BCUT2D eigenvalue weighted by Crippen LogP contribution is -2.45. The van der Waals surface area contributed by atoms with Crippen molar-refractivity contribution in [2.24, 2.45) is 0 Å². The molecule has 0 spiro atoms. The van der Waals surface area contributed by atoms with Crippen LogP contribution >= 0.6 is 12.4 Å². The van der Waals surface area contributed by atoms with E-state index in [1.54, 1.807) is 0 Å². The van der Waals surface area contributed by atoms with E-state index in [-0.39, 0.29) is 24.4 Å². The molecule has 126 valence electrons. The van der Waals surface area contributed by atoms with Crippen LogP contribution in [-0.2, 0) is 0 Å². The molecule has 1 heterocycles. The average molecular weight is 343 g/mol. The van der Waals surface area contributed by atoms with Crippen molar-refractivity contribution < 1.29 is 22.7 Å². The molecule has 0 aromatic heterocycles. The highest BCUT2D eigenvalue weighted by Gasteiger charge is 2.32. The number of aromatic hydroxyl groups is 1. The Morgan fingerprint density at radius 3 is 2.45 bits per heavy atom. The van der Waals surface area contributed by atoms with E-state index in [1.165, 1.54) is 12.1 Å². The molecule has 0 bridgehead atoms. The fourth-order valence-electron chi connectivity index (χ4n) is 2.63. The van der Waals surface area contributed by atoms with Gasteiger partial charge in [0.05, 0.1) is 0 Å². The average Bonchev–Trinajstić information content (AvgIpc) is 2.43. The summed E-state index contributed by atoms with van der Waals surface area (Å²) in [6.07, 6.45) is -5.42. The molecular formula is C14H19ClF4N2O. The van der Waals surface area contributed by atoms with Gasteiger partial charge >= 0.3 is 6.18 Å². The van der Waals surface area contributed by atoms with E-state index in [0.29, 0.717) is 26.2 Å². The number of phenolic OH excluding ortho intramolecular Hbond substituents is 1. The van der Waals surface area contributed by atoms with Gasteiger partial charge in [0.2, 0.25) is 0 Å². The summed E-state index contributed by atoms with van der Waals surface area (Å²) in [7, 11) is 0. The third-order valence-corrected chi connectivity index (χ3v) is 3.67. The van der Waals surface area contributed by atoms with Crippen molar-refractivity contribution in [1.29, 1.82) is 0 Å². The van der Waals surface area contributed by atoms with Gasteiger partial charge in [-0.1, -0.05) is 12.1 Å². The number of nitrogens with zero attached hydrogens (tertiary/aromatic N) is 1. The van der Waals surface area contributed by atoms with Gasteiger partial charge < -0.3 is 10.4 Å². The van der Waals surface area contributed by atoms with E-state index in [4.69, 9.17) is 0 Å². The van der Waals surface area contributed by atoms with E-state index in [9.17, 15) is 22.7 Å². The Bertz CT molecular complexity index is 478. The second-order valence-electron chi connectivity index (χ2n) is 5.13. The fourth-order valence-corrected chi connectivity index (χ4v) is 2.63. The fraction of sp³-hybridized carbons (Fsp3) is 0.571. The van der Waals surface area contributed by atoms with Crippen LogP contribution in [0.4, 0.5) is 17.6 Å². The van der Waals surface area contributed by atoms with Gasteiger partial charge in [-0.05, 0) is 12.5 Å². The van der Waals surface area contributed by atoms with Gasteiger partial charge in [-0.3, -0.25) is 4.90 Å². The molecule has 1 fully saturated rings. The number of alkyl halides is 3. The Kier molecular flexibility index (Phi) is 6.90. The van der Waals surface area contributed by atoms with Crippen LogP contribution in [0.5, 0.6) is 5.75 Å². The van der Waals surface area contributed by atoms with Gasteiger partial charge in [-0.2, -0.15) is 13.2 Å². The highest BCUT2D eigenvalue weighted by Crippen LogP contribution is 2.36. The van der Waals surface area contributed by atoms with E-state index < -0.39 is 30.2 Å². The molecule has 22 heavy (non-hydrogen) atoms. The first-order valence-corrected chi connectivity index (χ1v) is 6.87. The van der Waals surface area contributed by atoms with Gasteiger partial charge in [0.15, 0.2) is 11.6 Å². The lowest BCUT2D eigenvalue weighted by atomic mass is 9.98. The summed E-state index contributed by atoms with van der Waals surface area (Å²) < 4.78 is 51.0. The summed E-state index contributed by atoms with van der Waals surface area (Å²) in [6, 6.07) is 3.36. The lowest BCUT2D eigenvalue weighted by Gasteiger charge is -2.35. The quantitative estimate of drug-likeness (QED) is 0.825. The predicted molar refractivity (Wildman–Crippen MR) is 77.8 cm³/mol. The monoisotopic (exact) mass is 342 g/mol. The molecule has 1 aromatic carbocycles. The Balaban J connectivity index is 0.00000242. The molecule has 1 aliphatic heterocycles. The molecule has 3 nitrogen and oxygen atoms in total. The Morgan fingerprint density at radius 2 is 1.86 bits per heavy atom. The molecule has 0 radical (unpaired) electrons. The highest BCUT2D eigenvalue weighted by atomic mass is 35.5. The molecule has 0 aliphatic carbocycles. The minimum Gasteiger partial charge on any atom is -0.505 e. The maximum atomic E-state index is 13.5. The molecule has 1 atom stereocenters. The molecule has 1 saturated heterocycles. The second kappa shape index (κ2) is 7.99. The van der Waals surface area contributed by atoms with Gasteiger partial charge in [0.1, 0.15) is 0 Å². The van der Waals surface area contributed by atoms with Crippen LogP contribution in [0, 0.1) is 5.82 Å². The molecule has 8 heteroatoms. The topological polar surface area (TPSA) is 35.5 Å². The highest BCUT2D eigenvalue weighted by molar-refractivity contribution is 5.85. The van der Waals surface area contributed by atoms with Crippen molar-refractivity contribution in [3.8, 4) is 5.75 Å². The molecule has 0 unspecified atom stereocenters. The largest absolute Gasteiger partial charge is 0.505 e. The number of halogens is 5. The second-order valence-corrected chi connectivity index (χ2v) is 5.13. The van der Waals surface area contributed by atoms with Crippen LogP contribution in [-0.4, -0.2) is 42.4 Å². The third kappa shape index (κ3) is 5.00. The van der Waals surface area contributed by atoms with Crippen LogP contribution in [0.1, 0.15) is 24.4 Å². The first kappa shape index (κ1) is 19.0. The van der Waals surface area contributed by atoms with E-state index in [0.717, 1.165) is 6.07 Å². The third-order valence-electron chi connectivity index (χ3n) is 3.67. The molecule has 0 amide bonds. The van der Waals surface area contributed by atoms with Crippen molar-refractivity contribution in [1.82, 2.24) is 10.2 Å². The first-order chi connectivity index (χ1) is 9.88. The minimum atomic E-state index is -4.27. The zero-order valence-corrected chi connectivity index (χ0v) is 12.7.